The van der Waals surface area contributed by atoms with Gasteiger partial charge in [-0.1, -0.05) is 0 Å². The minimum Gasteiger partial charge on any atom is -0.495 e. The lowest BCUT2D eigenvalue weighted by Gasteiger charge is -2.39. The standard InChI is InChI=1S/C10H14N2O3/c1-14-7-3-11-4-8(15-2)9(7)10(13)5-12-6-10/h3-4,12-13H,5-6H2,1-2H3. The molecule has 2 heterocycles. The Kier molecular flexibility index (Phi) is 2.50. The van der Waals surface area contributed by atoms with Crippen molar-refractivity contribution in [1.29, 1.82) is 0 Å². The topological polar surface area (TPSA) is 63.6 Å². The van der Waals surface area contributed by atoms with Crippen LogP contribution in [0, 0.1) is 0 Å². The normalized spacial score (nSPS) is 18.1. The van der Waals surface area contributed by atoms with E-state index < -0.39 is 5.60 Å². The highest BCUT2D eigenvalue weighted by molar-refractivity contribution is 5.47. The molecule has 1 saturated heterocycles. The molecule has 0 radical (unpaired) electrons. The van der Waals surface area contributed by atoms with E-state index in [1.807, 2.05) is 0 Å². The predicted octanol–water partition coefficient (Wildman–Crippen LogP) is -0.110. The van der Waals surface area contributed by atoms with Gasteiger partial charge < -0.3 is 19.9 Å². The Morgan fingerprint density at radius 1 is 1.27 bits per heavy atom. The van der Waals surface area contributed by atoms with Crippen LogP contribution < -0.4 is 14.8 Å². The largest absolute Gasteiger partial charge is 0.495 e. The van der Waals surface area contributed by atoms with Gasteiger partial charge in [0.1, 0.15) is 17.1 Å². The van der Waals surface area contributed by atoms with Gasteiger partial charge >= 0.3 is 0 Å². The SMILES string of the molecule is COc1cncc(OC)c1C1(O)CNC1. The first kappa shape index (κ1) is 10.2. The second-order valence-electron chi connectivity index (χ2n) is 3.55. The van der Waals surface area contributed by atoms with Gasteiger partial charge in [0, 0.05) is 13.1 Å². The van der Waals surface area contributed by atoms with Crippen LogP contribution in [-0.2, 0) is 5.60 Å². The molecule has 82 valence electrons. The van der Waals surface area contributed by atoms with Crippen LogP contribution in [0.25, 0.3) is 0 Å². The molecule has 15 heavy (non-hydrogen) atoms. The molecular weight excluding hydrogens is 196 g/mol. The summed E-state index contributed by atoms with van der Waals surface area (Å²) in [6.45, 7) is 1.01. The Morgan fingerprint density at radius 3 is 2.13 bits per heavy atom. The summed E-state index contributed by atoms with van der Waals surface area (Å²) in [5.41, 5.74) is -0.235. The van der Waals surface area contributed by atoms with Gasteiger partial charge in [-0.25, -0.2) is 0 Å². The van der Waals surface area contributed by atoms with E-state index in [1.165, 1.54) is 0 Å². The van der Waals surface area contributed by atoms with Crippen LogP contribution in [0.15, 0.2) is 12.4 Å². The predicted molar refractivity (Wildman–Crippen MR) is 54.1 cm³/mol. The van der Waals surface area contributed by atoms with Crippen LogP contribution in [0.2, 0.25) is 0 Å². The molecule has 0 saturated carbocycles. The zero-order chi connectivity index (χ0) is 10.9. The second kappa shape index (κ2) is 3.67. The molecule has 0 aromatic carbocycles. The van der Waals surface area contributed by atoms with E-state index in [4.69, 9.17) is 9.47 Å². The van der Waals surface area contributed by atoms with Crippen molar-refractivity contribution < 1.29 is 14.6 Å². The van der Waals surface area contributed by atoms with Crippen LogP contribution in [0.1, 0.15) is 5.56 Å². The Bertz CT molecular complexity index is 341. The maximum absolute atomic E-state index is 10.3. The fraction of sp³-hybridized carbons (Fsp3) is 0.500. The van der Waals surface area contributed by atoms with Gasteiger partial charge in [-0.3, -0.25) is 4.98 Å². The molecule has 5 heteroatoms. The van der Waals surface area contributed by atoms with E-state index in [2.05, 4.69) is 10.3 Å². The molecule has 1 aliphatic heterocycles. The molecule has 1 aromatic heterocycles. The minimum absolute atomic E-state index is 0.504. The molecular formula is C10H14N2O3. The van der Waals surface area contributed by atoms with Gasteiger partial charge in [-0.05, 0) is 0 Å². The monoisotopic (exact) mass is 210 g/mol. The number of β-amino-alcohol motifs (C(OH)–C–C–N with tert-alkyl or cyclic N) is 1. The van der Waals surface area contributed by atoms with E-state index in [0.29, 0.717) is 30.2 Å². The molecule has 0 aliphatic carbocycles. The Balaban J connectivity index is 2.50. The van der Waals surface area contributed by atoms with Crippen molar-refractivity contribution in [3.8, 4) is 11.5 Å². The summed E-state index contributed by atoms with van der Waals surface area (Å²) in [7, 11) is 3.10. The van der Waals surface area contributed by atoms with Gasteiger partial charge in [0.25, 0.3) is 0 Å². The van der Waals surface area contributed by atoms with Gasteiger partial charge in [-0.2, -0.15) is 0 Å². The Hall–Kier alpha value is -1.33. The van der Waals surface area contributed by atoms with Gasteiger partial charge in [0.2, 0.25) is 0 Å². The molecule has 1 aliphatic rings. The average molecular weight is 210 g/mol. The zero-order valence-corrected chi connectivity index (χ0v) is 8.78. The summed E-state index contributed by atoms with van der Waals surface area (Å²) in [5, 5.41) is 13.3. The average Bonchev–Trinajstić information content (AvgIpc) is 2.24. The highest BCUT2D eigenvalue weighted by Crippen LogP contribution is 2.38. The molecule has 1 aromatic rings. The summed E-state index contributed by atoms with van der Waals surface area (Å²) in [4.78, 5) is 3.98. The van der Waals surface area contributed by atoms with Crippen molar-refractivity contribution in [3.05, 3.63) is 18.0 Å². The number of nitrogens with one attached hydrogen (secondary N) is 1. The number of hydrogen-bond acceptors (Lipinski definition) is 5. The number of pyridine rings is 1. The molecule has 2 N–H and O–H groups in total. The fourth-order valence-electron chi connectivity index (χ4n) is 1.73. The van der Waals surface area contributed by atoms with Crippen LogP contribution >= 0.6 is 0 Å². The first-order valence-electron chi connectivity index (χ1n) is 4.71. The molecule has 0 bridgehead atoms. The van der Waals surface area contributed by atoms with Gasteiger partial charge in [0.15, 0.2) is 0 Å². The van der Waals surface area contributed by atoms with Crippen molar-refractivity contribution in [3.63, 3.8) is 0 Å². The van der Waals surface area contributed by atoms with Crippen molar-refractivity contribution in [2.45, 2.75) is 5.60 Å². The van der Waals surface area contributed by atoms with Crippen LogP contribution in [0.5, 0.6) is 11.5 Å². The lowest BCUT2D eigenvalue weighted by Crippen LogP contribution is -2.57. The smallest absolute Gasteiger partial charge is 0.147 e. The third-order valence-corrected chi connectivity index (χ3v) is 2.62. The fourth-order valence-corrected chi connectivity index (χ4v) is 1.73. The molecule has 1 fully saturated rings. The summed E-state index contributed by atoms with van der Waals surface area (Å²) < 4.78 is 10.4. The quantitative estimate of drug-likeness (QED) is 0.728. The molecule has 0 atom stereocenters. The van der Waals surface area contributed by atoms with Crippen molar-refractivity contribution in [2.75, 3.05) is 27.3 Å². The molecule has 2 rings (SSSR count). The highest BCUT2D eigenvalue weighted by Gasteiger charge is 2.41. The molecule has 5 nitrogen and oxygen atoms in total. The van der Waals surface area contributed by atoms with Crippen LogP contribution in [0.4, 0.5) is 0 Å². The minimum atomic E-state index is -0.903. The first-order chi connectivity index (χ1) is 7.21. The molecule has 0 spiro atoms. The van der Waals surface area contributed by atoms with Gasteiger partial charge in [-0.15, -0.1) is 0 Å². The van der Waals surface area contributed by atoms with Crippen LogP contribution in [0.3, 0.4) is 0 Å². The van der Waals surface area contributed by atoms with E-state index in [-0.39, 0.29) is 0 Å². The Morgan fingerprint density at radius 2 is 1.80 bits per heavy atom. The highest BCUT2D eigenvalue weighted by atomic mass is 16.5. The number of aromatic nitrogens is 1. The van der Waals surface area contributed by atoms with Gasteiger partial charge in [0.05, 0.1) is 32.2 Å². The van der Waals surface area contributed by atoms with E-state index in [9.17, 15) is 5.11 Å². The summed E-state index contributed by atoms with van der Waals surface area (Å²) in [6.07, 6.45) is 3.16. The third kappa shape index (κ3) is 1.53. The summed E-state index contributed by atoms with van der Waals surface area (Å²) in [5.74, 6) is 1.11. The first-order valence-corrected chi connectivity index (χ1v) is 4.71. The maximum atomic E-state index is 10.3. The summed E-state index contributed by atoms with van der Waals surface area (Å²) >= 11 is 0. The van der Waals surface area contributed by atoms with Crippen LogP contribution in [-0.4, -0.2) is 37.4 Å². The zero-order valence-electron chi connectivity index (χ0n) is 8.78. The maximum Gasteiger partial charge on any atom is 0.147 e. The number of aliphatic hydroxyl groups is 1. The third-order valence-electron chi connectivity index (χ3n) is 2.62. The number of hydrogen-bond donors (Lipinski definition) is 2. The lowest BCUT2D eigenvalue weighted by atomic mass is 9.87. The number of rotatable bonds is 3. The molecule has 0 unspecified atom stereocenters. The molecule has 0 amide bonds. The van der Waals surface area contributed by atoms with E-state index in [0.717, 1.165) is 0 Å². The number of nitrogens with zero attached hydrogens (tertiary/aromatic N) is 1. The number of methoxy groups -OCH3 is 2. The van der Waals surface area contributed by atoms with E-state index in [1.54, 1.807) is 26.6 Å². The Labute approximate surface area is 88.0 Å². The summed E-state index contributed by atoms with van der Waals surface area (Å²) in [6, 6.07) is 0. The van der Waals surface area contributed by atoms with Crippen molar-refractivity contribution in [1.82, 2.24) is 10.3 Å². The van der Waals surface area contributed by atoms with Crippen molar-refractivity contribution in [2.24, 2.45) is 0 Å². The second-order valence-corrected chi connectivity index (χ2v) is 3.55. The van der Waals surface area contributed by atoms with Crippen molar-refractivity contribution >= 4 is 0 Å². The lowest BCUT2D eigenvalue weighted by molar-refractivity contribution is -0.0184. The van der Waals surface area contributed by atoms with E-state index >= 15 is 0 Å². The number of ether oxygens (including phenoxy) is 2.